The number of hydrogen-bond donors (Lipinski definition) is 3. The average molecular weight is 341 g/mol. The van der Waals surface area contributed by atoms with E-state index in [0.717, 1.165) is 23.7 Å². The predicted octanol–water partition coefficient (Wildman–Crippen LogP) is 2.63. The maximum Gasteiger partial charge on any atom is 0.257 e. The fourth-order valence-electron chi connectivity index (χ4n) is 2.14. The Morgan fingerprint density at radius 1 is 1.00 bits per heavy atom. The van der Waals surface area contributed by atoms with E-state index in [2.05, 4.69) is 16.2 Å². The van der Waals surface area contributed by atoms with Gasteiger partial charge in [-0.15, -0.1) is 0 Å². The summed E-state index contributed by atoms with van der Waals surface area (Å²) < 4.78 is 13.1. The zero-order chi connectivity index (χ0) is 18.1. The summed E-state index contributed by atoms with van der Waals surface area (Å²) in [5.74, 6) is -1.43. The van der Waals surface area contributed by atoms with Gasteiger partial charge in [-0.05, 0) is 30.2 Å². The van der Waals surface area contributed by atoms with Gasteiger partial charge in [-0.25, -0.2) is 4.39 Å². The van der Waals surface area contributed by atoms with E-state index in [9.17, 15) is 14.0 Å². The fraction of sp³-hybridized carbons (Fsp3) is 0.158. The third kappa shape index (κ3) is 5.76. The van der Waals surface area contributed by atoms with Gasteiger partial charge < -0.3 is 5.32 Å². The summed E-state index contributed by atoms with van der Waals surface area (Å²) in [6.45, 7) is 1.77. The van der Waals surface area contributed by atoms with Crippen LogP contribution in [0, 0.1) is 5.82 Å². The van der Waals surface area contributed by atoms with E-state index < -0.39 is 17.6 Å². The minimum absolute atomic E-state index is 0.164. The Morgan fingerprint density at radius 3 is 2.40 bits per heavy atom. The van der Waals surface area contributed by atoms with Gasteiger partial charge in [0.05, 0.1) is 12.2 Å². The maximum absolute atomic E-state index is 13.1. The summed E-state index contributed by atoms with van der Waals surface area (Å²) in [5.41, 5.74) is 7.27. The van der Waals surface area contributed by atoms with Crippen LogP contribution in [0.4, 0.5) is 4.39 Å². The first kappa shape index (κ1) is 18.2. The Labute approximate surface area is 145 Å². The Hall–Kier alpha value is -3.15. The molecular weight excluding hydrogens is 321 g/mol. The lowest BCUT2D eigenvalue weighted by Crippen LogP contribution is -2.43. The molecule has 0 radical (unpaired) electrons. The molecule has 6 heteroatoms. The van der Waals surface area contributed by atoms with E-state index in [-0.39, 0.29) is 12.1 Å². The first-order valence-corrected chi connectivity index (χ1v) is 7.94. The lowest BCUT2D eigenvalue weighted by molar-refractivity contribution is -0.120. The number of rotatable bonds is 7. The number of hydrazine groups is 1. The summed E-state index contributed by atoms with van der Waals surface area (Å²) in [6, 6.07) is 14.8. The van der Waals surface area contributed by atoms with Gasteiger partial charge in [0.25, 0.3) is 11.8 Å². The standard InChI is InChI=1S/C19H20FN3O2/c1-2-7-17(14-8-4-3-5-9-14)22-23-18(24)13-21-19(25)15-10-6-11-16(20)12-15/h3-12,22H,2,13H2,1H3,(H,21,25)(H,23,24). The van der Waals surface area contributed by atoms with Gasteiger partial charge in [0, 0.05) is 5.56 Å². The largest absolute Gasteiger partial charge is 0.343 e. The number of allylic oxidation sites excluding steroid dienone is 1. The van der Waals surface area contributed by atoms with E-state index in [0.29, 0.717) is 0 Å². The maximum atomic E-state index is 13.1. The first-order chi connectivity index (χ1) is 12.1. The van der Waals surface area contributed by atoms with Gasteiger partial charge in [0.2, 0.25) is 0 Å². The molecular formula is C19H20FN3O2. The number of amides is 2. The van der Waals surface area contributed by atoms with Crippen LogP contribution >= 0.6 is 0 Å². The molecule has 2 rings (SSSR count). The molecule has 0 aliphatic carbocycles. The van der Waals surface area contributed by atoms with Crippen LogP contribution < -0.4 is 16.2 Å². The Bertz CT molecular complexity index is 760. The van der Waals surface area contributed by atoms with E-state index in [1.165, 1.54) is 18.2 Å². The molecule has 0 saturated carbocycles. The summed E-state index contributed by atoms with van der Waals surface area (Å²) in [5, 5.41) is 2.44. The molecule has 0 heterocycles. The molecule has 0 unspecified atom stereocenters. The number of nitrogens with one attached hydrogen (secondary N) is 3. The summed E-state index contributed by atoms with van der Waals surface area (Å²) in [7, 11) is 0. The number of halogens is 1. The zero-order valence-corrected chi connectivity index (χ0v) is 13.9. The SMILES string of the molecule is CCC=C(NNC(=O)CNC(=O)c1cccc(F)c1)c1ccccc1. The highest BCUT2D eigenvalue weighted by atomic mass is 19.1. The Kier molecular flexibility index (Phi) is 6.71. The second kappa shape index (κ2) is 9.22. The third-order valence-corrected chi connectivity index (χ3v) is 3.33. The van der Waals surface area contributed by atoms with Gasteiger partial charge in [-0.3, -0.25) is 20.4 Å². The Morgan fingerprint density at radius 2 is 1.72 bits per heavy atom. The zero-order valence-electron chi connectivity index (χ0n) is 13.9. The normalized spacial score (nSPS) is 10.9. The lowest BCUT2D eigenvalue weighted by Gasteiger charge is -2.13. The molecule has 2 amide bonds. The molecule has 0 aromatic heterocycles. The highest BCUT2D eigenvalue weighted by molar-refractivity contribution is 5.96. The van der Waals surface area contributed by atoms with E-state index in [1.54, 1.807) is 0 Å². The van der Waals surface area contributed by atoms with Crippen LogP contribution in [0.1, 0.15) is 29.3 Å². The van der Waals surface area contributed by atoms with Crippen LogP contribution in [0.25, 0.3) is 5.70 Å². The van der Waals surface area contributed by atoms with Crippen molar-refractivity contribution in [3.05, 3.63) is 77.6 Å². The molecule has 0 aliphatic rings. The average Bonchev–Trinajstić information content (AvgIpc) is 2.63. The van der Waals surface area contributed by atoms with Crippen LogP contribution in [-0.2, 0) is 4.79 Å². The highest BCUT2D eigenvalue weighted by Gasteiger charge is 2.09. The molecule has 0 spiro atoms. The minimum Gasteiger partial charge on any atom is -0.343 e. The molecule has 0 bridgehead atoms. The van der Waals surface area contributed by atoms with Crippen LogP contribution in [-0.4, -0.2) is 18.4 Å². The van der Waals surface area contributed by atoms with Gasteiger partial charge in [-0.2, -0.15) is 0 Å². The van der Waals surface area contributed by atoms with Gasteiger partial charge in [-0.1, -0.05) is 49.4 Å². The summed E-state index contributed by atoms with van der Waals surface area (Å²) in [4.78, 5) is 23.8. The van der Waals surface area contributed by atoms with Gasteiger partial charge >= 0.3 is 0 Å². The van der Waals surface area contributed by atoms with E-state index >= 15 is 0 Å². The minimum atomic E-state index is -0.512. The fourth-order valence-corrected chi connectivity index (χ4v) is 2.14. The van der Waals surface area contributed by atoms with Crippen LogP contribution in [0.15, 0.2) is 60.7 Å². The third-order valence-electron chi connectivity index (χ3n) is 3.33. The quantitative estimate of drug-likeness (QED) is 0.678. The monoisotopic (exact) mass is 341 g/mol. The van der Waals surface area contributed by atoms with Crippen molar-refractivity contribution in [3.63, 3.8) is 0 Å². The van der Waals surface area contributed by atoms with E-state index in [1.807, 2.05) is 43.3 Å². The molecule has 5 nitrogen and oxygen atoms in total. The van der Waals surface area contributed by atoms with Crippen molar-refractivity contribution in [1.29, 1.82) is 0 Å². The molecule has 0 atom stereocenters. The molecule has 0 fully saturated rings. The van der Waals surface area contributed by atoms with Crippen molar-refractivity contribution >= 4 is 17.5 Å². The van der Waals surface area contributed by atoms with Crippen molar-refractivity contribution < 1.29 is 14.0 Å². The summed E-state index contributed by atoms with van der Waals surface area (Å²) >= 11 is 0. The number of benzene rings is 2. The molecule has 130 valence electrons. The second-order valence-corrected chi connectivity index (χ2v) is 5.26. The smallest absolute Gasteiger partial charge is 0.257 e. The second-order valence-electron chi connectivity index (χ2n) is 5.26. The van der Waals surface area contributed by atoms with Crippen molar-refractivity contribution in [2.75, 3.05) is 6.54 Å². The van der Waals surface area contributed by atoms with Crippen molar-refractivity contribution in [2.45, 2.75) is 13.3 Å². The first-order valence-electron chi connectivity index (χ1n) is 7.94. The van der Waals surface area contributed by atoms with Gasteiger partial charge in [0.15, 0.2) is 0 Å². The molecule has 0 aliphatic heterocycles. The van der Waals surface area contributed by atoms with Crippen molar-refractivity contribution in [1.82, 2.24) is 16.2 Å². The van der Waals surface area contributed by atoms with Crippen molar-refractivity contribution in [3.8, 4) is 0 Å². The summed E-state index contributed by atoms with van der Waals surface area (Å²) in [6.07, 6.45) is 2.74. The van der Waals surface area contributed by atoms with Crippen LogP contribution in [0.3, 0.4) is 0 Å². The van der Waals surface area contributed by atoms with Gasteiger partial charge in [0.1, 0.15) is 5.82 Å². The molecule has 3 N–H and O–H groups in total. The molecule has 2 aromatic rings. The molecule has 25 heavy (non-hydrogen) atoms. The molecule has 2 aromatic carbocycles. The van der Waals surface area contributed by atoms with E-state index in [4.69, 9.17) is 0 Å². The number of carbonyl (C=O) groups excluding carboxylic acids is 2. The van der Waals surface area contributed by atoms with Crippen LogP contribution in [0.2, 0.25) is 0 Å². The predicted molar refractivity (Wildman–Crippen MR) is 94.7 cm³/mol. The topological polar surface area (TPSA) is 70.2 Å². The van der Waals surface area contributed by atoms with Crippen molar-refractivity contribution in [2.24, 2.45) is 0 Å². The number of carbonyl (C=O) groups is 2. The lowest BCUT2D eigenvalue weighted by atomic mass is 10.1. The Balaban J connectivity index is 1.85. The highest BCUT2D eigenvalue weighted by Crippen LogP contribution is 2.10. The number of hydrogen-bond acceptors (Lipinski definition) is 3. The van der Waals surface area contributed by atoms with Crippen LogP contribution in [0.5, 0.6) is 0 Å². The molecule has 0 saturated heterocycles.